The molecular weight excluding hydrogens is 441 g/mol. The van der Waals surface area contributed by atoms with Gasteiger partial charge in [-0.25, -0.2) is 4.98 Å². The first-order chi connectivity index (χ1) is 15.2. The largest absolute Gasteiger partial charge is 0.418 e. The van der Waals surface area contributed by atoms with Crippen LogP contribution >= 0.6 is 11.6 Å². The summed E-state index contributed by atoms with van der Waals surface area (Å²) >= 11 is 6.10. The highest BCUT2D eigenvalue weighted by Crippen LogP contribution is 2.34. The van der Waals surface area contributed by atoms with Gasteiger partial charge in [-0.05, 0) is 48.9 Å². The zero-order chi connectivity index (χ0) is 22.9. The molecule has 1 fully saturated rings. The predicted octanol–water partition coefficient (Wildman–Crippen LogP) is 4.84. The van der Waals surface area contributed by atoms with Gasteiger partial charge in [-0.3, -0.25) is 9.78 Å². The van der Waals surface area contributed by atoms with Crippen molar-refractivity contribution in [3.8, 4) is 0 Å². The Labute approximate surface area is 188 Å². The molecule has 1 aliphatic heterocycles. The number of hydrogen-bond donors (Lipinski definition) is 1. The topological polar surface area (TPSA) is 58.1 Å². The number of pyridine rings is 2. The Morgan fingerprint density at radius 2 is 2.00 bits per heavy atom. The quantitative estimate of drug-likeness (QED) is 0.565. The summed E-state index contributed by atoms with van der Waals surface area (Å²) in [5.41, 5.74) is -0.267. The van der Waals surface area contributed by atoms with E-state index < -0.39 is 23.2 Å². The van der Waals surface area contributed by atoms with Crippen molar-refractivity contribution in [3.05, 3.63) is 87.8 Å². The molecule has 1 saturated heterocycles. The fourth-order valence-corrected chi connectivity index (χ4v) is 3.98. The van der Waals surface area contributed by atoms with Gasteiger partial charge in [0.1, 0.15) is 11.5 Å². The summed E-state index contributed by atoms with van der Waals surface area (Å²) in [6, 6.07) is 12.6. The number of aromatic nitrogens is 2. The normalized spacial score (nSPS) is 16.8. The van der Waals surface area contributed by atoms with Crippen molar-refractivity contribution in [2.75, 3.05) is 24.5 Å². The molecule has 1 unspecified atom stereocenters. The molecule has 1 aromatic carbocycles. The lowest BCUT2D eigenvalue weighted by Gasteiger charge is -2.35. The summed E-state index contributed by atoms with van der Waals surface area (Å²) < 4.78 is 41.0. The van der Waals surface area contributed by atoms with Crippen LogP contribution in [0.3, 0.4) is 0 Å². The molecule has 5 nitrogen and oxygen atoms in total. The number of alkyl halides is 3. The van der Waals surface area contributed by atoms with Crippen LogP contribution in [-0.2, 0) is 6.18 Å². The van der Waals surface area contributed by atoms with Gasteiger partial charge < -0.3 is 10.2 Å². The SMILES string of the molecule is Cc1ncccc1C(=O)c1nc(N2CCNC(c3cccc(Cl)c3)C2)ccc1C(F)(F)F. The average Bonchev–Trinajstić information content (AvgIpc) is 2.78. The molecular formula is C23H20ClF3N4O. The maximum absolute atomic E-state index is 13.7. The van der Waals surface area contributed by atoms with Crippen LogP contribution in [0.15, 0.2) is 54.7 Å². The van der Waals surface area contributed by atoms with Crippen molar-refractivity contribution in [2.24, 2.45) is 0 Å². The first kappa shape index (κ1) is 22.2. The Hall–Kier alpha value is -2.97. The first-order valence-electron chi connectivity index (χ1n) is 10.0. The second-order valence-electron chi connectivity index (χ2n) is 7.54. The molecule has 0 aliphatic carbocycles. The van der Waals surface area contributed by atoms with Crippen LogP contribution in [0.25, 0.3) is 0 Å². The molecule has 2 aromatic heterocycles. The number of nitrogens with zero attached hydrogens (tertiary/aromatic N) is 3. The highest BCUT2D eigenvalue weighted by atomic mass is 35.5. The van der Waals surface area contributed by atoms with Gasteiger partial charge in [0.25, 0.3) is 0 Å². The van der Waals surface area contributed by atoms with Gasteiger partial charge in [-0.15, -0.1) is 0 Å². The van der Waals surface area contributed by atoms with Gasteiger partial charge in [-0.2, -0.15) is 13.2 Å². The first-order valence-corrected chi connectivity index (χ1v) is 10.4. The Balaban J connectivity index is 1.70. The smallest absolute Gasteiger partial charge is 0.353 e. The maximum atomic E-state index is 13.7. The van der Waals surface area contributed by atoms with Crippen LogP contribution in [0.4, 0.5) is 19.0 Å². The molecule has 0 spiro atoms. The second-order valence-corrected chi connectivity index (χ2v) is 7.97. The van der Waals surface area contributed by atoms with E-state index in [0.717, 1.165) is 11.6 Å². The lowest BCUT2D eigenvalue weighted by molar-refractivity contribution is -0.138. The third-order valence-corrected chi connectivity index (χ3v) is 5.64. The fourth-order valence-electron chi connectivity index (χ4n) is 3.78. The Kier molecular flexibility index (Phi) is 6.17. The Morgan fingerprint density at radius 1 is 1.19 bits per heavy atom. The van der Waals surface area contributed by atoms with Crippen molar-refractivity contribution in [1.29, 1.82) is 0 Å². The average molecular weight is 461 g/mol. The predicted molar refractivity (Wildman–Crippen MR) is 116 cm³/mol. The third-order valence-electron chi connectivity index (χ3n) is 5.40. The van der Waals surface area contributed by atoms with Crippen LogP contribution in [0.5, 0.6) is 0 Å². The molecule has 1 atom stereocenters. The van der Waals surface area contributed by atoms with Crippen LogP contribution in [0.2, 0.25) is 5.02 Å². The molecule has 0 bridgehead atoms. The minimum atomic E-state index is -4.71. The molecule has 166 valence electrons. The maximum Gasteiger partial charge on any atom is 0.418 e. The number of hydrogen-bond acceptors (Lipinski definition) is 5. The van der Waals surface area contributed by atoms with Gasteiger partial charge in [0.2, 0.25) is 5.78 Å². The summed E-state index contributed by atoms with van der Waals surface area (Å²) in [6.07, 6.45) is -3.23. The van der Waals surface area contributed by atoms with Crippen molar-refractivity contribution in [3.63, 3.8) is 0 Å². The van der Waals surface area contributed by atoms with Gasteiger partial charge in [0.05, 0.1) is 5.56 Å². The molecule has 0 saturated carbocycles. The van der Waals surface area contributed by atoms with E-state index in [1.807, 2.05) is 23.1 Å². The fraction of sp³-hybridized carbons (Fsp3) is 0.261. The standard InChI is InChI=1S/C23H20ClF3N4O/c1-14-17(6-3-9-28-14)22(32)21-18(23(25,26)27)7-8-20(30-21)31-11-10-29-19(13-31)15-4-2-5-16(24)12-15/h2-9,12,19,29H,10-11,13H2,1H3. The lowest BCUT2D eigenvalue weighted by atomic mass is 10.0. The minimum Gasteiger partial charge on any atom is -0.353 e. The Morgan fingerprint density at radius 3 is 2.72 bits per heavy atom. The highest BCUT2D eigenvalue weighted by molar-refractivity contribution is 6.30. The molecule has 3 aromatic rings. The second kappa shape index (κ2) is 8.88. The van der Waals surface area contributed by atoms with Crippen molar-refractivity contribution < 1.29 is 18.0 Å². The van der Waals surface area contributed by atoms with E-state index >= 15 is 0 Å². The summed E-state index contributed by atoms with van der Waals surface area (Å²) in [4.78, 5) is 23.1. The number of anilines is 1. The molecule has 0 amide bonds. The zero-order valence-electron chi connectivity index (χ0n) is 17.2. The molecule has 3 heterocycles. The van der Waals surface area contributed by atoms with Crippen LogP contribution in [0.1, 0.15) is 38.9 Å². The van der Waals surface area contributed by atoms with Crippen LogP contribution < -0.4 is 10.2 Å². The molecule has 1 N–H and O–H groups in total. The number of piperazine rings is 1. The minimum absolute atomic E-state index is 0.0775. The van der Waals surface area contributed by atoms with E-state index in [4.69, 9.17) is 11.6 Å². The molecule has 1 aliphatic rings. The highest BCUT2D eigenvalue weighted by Gasteiger charge is 2.37. The number of nitrogens with one attached hydrogen (secondary N) is 1. The van der Waals surface area contributed by atoms with Crippen molar-refractivity contribution in [2.45, 2.75) is 19.1 Å². The summed E-state index contributed by atoms with van der Waals surface area (Å²) in [5, 5.41) is 3.99. The van der Waals surface area contributed by atoms with E-state index in [-0.39, 0.29) is 11.6 Å². The van der Waals surface area contributed by atoms with E-state index in [1.54, 1.807) is 13.0 Å². The molecule has 9 heteroatoms. The number of carbonyl (C=O) groups is 1. The van der Waals surface area contributed by atoms with Gasteiger partial charge in [-0.1, -0.05) is 23.7 Å². The molecule has 4 rings (SSSR count). The summed E-state index contributed by atoms with van der Waals surface area (Å²) in [6.45, 7) is 3.19. The van der Waals surface area contributed by atoms with Gasteiger partial charge >= 0.3 is 6.18 Å². The summed E-state index contributed by atoms with van der Waals surface area (Å²) in [5.74, 6) is -0.484. The third kappa shape index (κ3) is 4.61. The van der Waals surface area contributed by atoms with Gasteiger partial charge in [0.15, 0.2) is 0 Å². The number of carbonyl (C=O) groups excluding carboxylic acids is 1. The number of halogens is 4. The monoisotopic (exact) mass is 460 g/mol. The number of benzene rings is 1. The van der Waals surface area contributed by atoms with E-state index in [0.29, 0.717) is 36.2 Å². The van der Waals surface area contributed by atoms with Gasteiger partial charge in [0, 0.05) is 48.2 Å². The Bertz CT molecular complexity index is 1150. The number of aryl methyl sites for hydroxylation is 1. The van der Waals surface area contributed by atoms with E-state index in [2.05, 4.69) is 15.3 Å². The molecule has 32 heavy (non-hydrogen) atoms. The summed E-state index contributed by atoms with van der Waals surface area (Å²) in [7, 11) is 0. The van der Waals surface area contributed by atoms with Crippen LogP contribution in [-0.4, -0.2) is 35.4 Å². The van der Waals surface area contributed by atoms with Crippen LogP contribution in [0, 0.1) is 6.92 Å². The molecule has 0 radical (unpaired) electrons. The number of rotatable bonds is 4. The van der Waals surface area contributed by atoms with E-state index in [1.165, 1.54) is 24.4 Å². The van der Waals surface area contributed by atoms with E-state index in [9.17, 15) is 18.0 Å². The number of ketones is 1. The zero-order valence-corrected chi connectivity index (χ0v) is 17.9. The van der Waals surface area contributed by atoms with Crippen molar-refractivity contribution in [1.82, 2.24) is 15.3 Å². The van der Waals surface area contributed by atoms with Crippen molar-refractivity contribution >= 4 is 23.2 Å². The lowest BCUT2D eigenvalue weighted by Crippen LogP contribution is -2.46.